The van der Waals surface area contributed by atoms with E-state index in [1.807, 2.05) is 7.05 Å². The number of rotatable bonds is 8. The minimum Gasteiger partial charge on any atom is -0.379 e. The SMILES string of the molecule is CCCCOCCOC1CCCCC1NC. The molecule has 3 heteroatoms. The Labute approximate surface area is 99.9 Å². The molecule has 0 aromatic carbocycles. The van der Waals surface area contributed by atoms with Crippen LogP contribution in [0.25, 0.3) is 0 Å². The summed E-state index contributed by atoms with van der Waals surface area (Å²) in [6.45, 7) is 4.54. The van der Waals surface area contributed by atoms with Gasteiger partial charge in [0.15, 0.2) is 0 Å². The Morgan fingerprint density at radius 3 is 2.69 bits per heavy atom. The first-order valence-corrected chi connectivity index (χ1v) is 6.75. The summed E-state index contributed by atoms with van der Waals surface area (Å²) in [7, 11) is 2.03. The normalized spacial score (nSPS) is 25.9. The summed E-state index contributed by atoms with van der Waals surface area (Å²) in [6, 6.07) is 0.546. The molecule has 0 radical (unpaired) electrons. The van der Waals surface area contributed by atoms with Crippen LogP contribution in [0.4, 0.5) is 0 Å². The highest BCUT2D eigenvalue weighted by molar-refractivity contribution is 4.80. The summed E-state index contributed by atoms with van der Waals surface area (Å²) in [5.41, 5.74) is 0. The van der Waals surface area contributed by atoms with Crippen LogP contribution in [-0.2, 0) is 9.47 Å². The number of likely N-dealkylation sites (N-methyl/N-ethyl adjacent to an activating group) is 1. The topological polar surface area (TPSA) is 30.5 Å². The second kappa shape index (κ2) is 8.97. The first-order valence-electron chi connectivity index (χ1n) is 6.75. The van der Waals surface area contributed by atoms with Gasteiger partial charge in [0, 0.05) is 12.6 Å². The van der Waals surface area contributed by atoms with Crippen LogP contribution in [-0.4, -0.2) is 39.0 Å². The lowest BCUT2D eigenvalue weighted by molar-refractivity contribution is -0.0245. The van der Waals surface area contributed by atoms with Gasteiger partial charge in [-0.25, -0.2) is 0 Å². The van der Waals surface area contributed by atoms with Gasteiger partial charge in [-0.1, -0.05) is 26.2 Å². The van der Waals surface area contributed by atoms with Crippen LogP contribution < -0.4 is 5.32 Å². The van der Waals surface area contributed by atoms with Gasteiger partial charge in [-0.15, -0.1) is 0 Å². The van der Waals surface area contributed by atoms with Crippen molar-refractivity contribution in [1.82, 2.24) is 5.32 Å². The lowest BCUT2D eigenvalue weighted by Crippen LogP contribution is -2.42. The van der Waals surface area contributed by atoms with E-state index < -0.39 is 0 Å². The Bertz CT molecular complexity index is 164. The molecule has 1 saturated carbocycles. The molecule has 1 rings (SSSR count). The van der Waals surface area contributed by atoms with E-state index in [9.17, 15) is 0 Å². The summed E-state index contributed by atoms with van der Waals surface area (Å²) in [5, 5.41) is 3.35. The zero-order valence-electron chi connectivity index (χ0n) is 10.8. The van der Waals surface area contributed by atoms with E-state index in [0.29, 0.717) is 12.1 Å². The fourth-order valence-corrected chi connectivity index (χ4v) is 2.23. The molecule has 1 N–H and O–H groups in total. The highest BCUT2D eigenvalue weighted by Gasteiger charge is 2.23. The van der Waals surface area contributed by atoms with Gasteiger partial charge < -0.3 is 14.8 Å². The van der Waals surface area contributed by atoms with E-state index in [0.717, 1.165) is 26.2 Å². The molecular weight excluding hydrogens is 202 g/mol. The second-order valence-electron chi connectivity index (χ2n) is 4.55. The van der Waals surface area contributed by atoms with Crippen molar-refractivity contribution in [3.8, 4) is 0 Å². The minimum absolute atomic E-state index is 0.397. The predicted octanol–water partition coefficient (Wildman–Crippen LogP) is 2.35. The Kier molecular flexibility index (Phi) is 7.81. The summed E-state index contributed by atoms with van der Waals surface area (Å²) in [4.78, 5) is 0. The number of ether oxygens (including phenoxy) is 2. The molecule has 0 spiro atoms. The maximum absolute atomic E-state index is 5.88. The van der Waals surface area contributed by atoms with E-state index in [4.69, 9.17) is 9.47 Å². The van der Waals surface area contributed by atoms with Crippen molar-refractivity contribution < 1.29 is 9.47 Å². The summed E-state index contributed by atoms with van der Waals surface area (Å²) >= 11 is 0. The molecular formula is C13H27NO2. The molecule has 0 amide bonds. The predicted molar refractivity (Wildman–Crippen MR) is 66.8 cm³/mol. The van der Waals surface area contributed by atoms with Crippen LogP contribution in [0.1, 0.15) is 45.4 Å². The van der Waals surface area contributed by atoms with Gasteiger partial charge >= 0.3 is 0 Å². The first kappa shape index (κ1) is 13.9. The average Bonchev–Trinajstić information content (AvgIpc) is 2.34. The van der Waals surface area contributed by atoms with Gasteiger partial charge in [0.05, 0.1) is 19.3 Å². The minimum atomic E-state index is 0.397. The van der Waals surface area contributed by atoms with Gasteiger partial charge in [-0.2, -0.15) is 0 Å². The molecule has 1 aliphatic rings. The monoisotopic (exact) mass is 229 g/mol. The van der Waals surface area contributed by atoms with E-state index >= 15 is 0 Å². The van der Waals surface area contributed by atoms with Crippen molar-refractivity contribution in [2.45, 2.75) is 57.6 Å². The van der Waals surface area contributed by atoms with E-state index in [2.05, 4.69) is 12.2 Å². The molecule has 0 saturated heterocycles. The van der Waals surface area contributed by atoms with Crippen molar-refractivity contribution in [3.05, 3.63) is 0 Å². The first-order chi connectivity index (χ1) is 7.88. The van der Waals surface area contributed by atoms with Gasteiger partial charge in [0.1, 0.15) is 0 Å². The highest BCUT2D eigenvalue weighted by atomic mass is 16.5. The maximum atomic E-state index is 5.88. The molecule has 0 aromatic rings. The summed E-state index contributed by atoms with van der Waals surface area (Å²) in [6.07, 6.45) is 7.83. The van der Waals surface area contributed by atoms with E-state index in [1.165, 1.54) is 32.1 Å². The fraction of sp³-hybridized carbons (Fsp3) is 1.00. The number of hydrogen-bond donors (Lipinski definition) is 1. The lowest BCUT2D eigenvalue weighted by atomic mass is 9.92. The zero-order chi connectivity index (χ0) is 11.6. The number of nitrogens with one attached hydrogen (secondary N) is 1. The fourth-order valence-electron chi connectivity index (χ4n) is 2.23. The highest BCUT2D eigenvalue weighted by Crippen LogP contribution is 2.20. The molecule has 96 valence electrons. The molecule has 2 atom stereocenters. The molecule has 0 bridgehead atoms. The van der Waals surface area contributed by atoms with Crippen LogP contribution >= 0.6 is 0 Å². The Hall–Kier alpha value is -0.120. The Balaban J connectivity index is 2.02. The van der Waals surface area contributed by atoms with Crippen molar-refractivity contribution in [2.75, 3.05) is 26.9 Å². The molecule has 1 aliphatic carbocycles. The van der Waals surface area contributed by atoms with Crippen LogP contribution in [0.2, 0.25) is 0 Å². The van der Waals surface area contributed by atoms with Crippen molar-refractivity contribution in [1.29, 1.82) is 0 Å². The molecule has 1 fully saturated rings. The third kappa shape index (κ3) is 5.28. The quantitative estimate of drug-likeness (QED) is 0.648. The zero-order valence-corrected chi connectivity index (χ0v) is 10.8. The molecule has 3 nitrogen and oxygen atoms in total. The summed E-state index contributed by atoms with van der Waals surface area (Å²) < 4.78 is 11.4. The van der Waals surface area contributed by atoms with Gasteiger partial charge in [0.25, 0.3) is 0 Å². The standard InChI is InChI=1S/C13H27NO2/c1-3-4-9-15-10-11-16-13-8-6-5-7-12(13)14-2/h12-14H,3-11H2,1-2H3. The van der Waals surface area contributed by atoms with Crippen LogP contribution in [0, 0.1) is 0 Å². The average molecular weight is 229 g/mol. The van der Waals surface area contributed by atoms with E-state index in [-0.39, 0.29) is 0 Å². The molecule has 2 unspecified atom stereocenters. The van der Waals surface area contributed by atoms with Gasteiger partial charge in [-0.3, -0.25) is 0 Å². The third-order valence-electron chi connectivity index (χ3n) is 3.28. The molecule has 0 aromatic heterocycles. The van der Waals surface area contributed by atoms with Crippen LogP contribution in [0.3, 0.4) is 0 Å². The smallest absolute Gasteiger partial charge is 0.0729 e. The third-order valence-corrected chi connectivity index (χ3v) is 3.28. The molecule has 16 heavy (non-hydrogen) atoms. The Morgan fingerprint density at radius 1 is 1.12 bits per heavy atom. The second-order valence-corrected chi connectivity index (χ2v) is 4.55. The van der Waals surface area contributed by atoms with Crippen LogP contribution in [0.15, 0.2) is 0 Å². The Morgan fingerprint density at radius 2 is 1.94 bits per heavy atom. The number of hydrogen-bond acceptors (Lipinski definition) is 3. The molecule has 0 aliphatic heterocycles. The van der Waals surface area contributed by atoms with Gasteiger partial charge in [-0.05, 0) is 26.3 Å². The lowest BCUT2D eigenvalue weighted by Gasteiger charge is -2.31. The van der Waals surface area contributed by atoms with Crippen molar-refractivity contribution in [3.63, 3.8) is 0 Å². The van der Waals surface area contributed by atoms with E-state index in [1.54, 1.807) is 0 Å². The largest absolute Gasteiger partial charge is 0.379 e. The van der Waals surface area contributed by atoms with Crippen molar-refractivity contribution >= 4 is 0 Å². The summed E-state index contributed by atoms with van der Waals surface area (Å²) in [5.74, 6) is 0. The van der Waals surface area contributed by atoms with Crippen LogP contribution in [0.5, 0.6) is 0 Å². The number of unbranched alkanes of at least 4 members (excludes halogenated alkanes) is 1. The van der Waals surface area contributed by atoms with Crippen molar-refractivity contribution in [2.24, 2.45) is 0 Å². The molecule has 0 heterocycles. The van der Waals surface area contributed by atoms with Gasteiger partial charge in [0.2, 0.25) is 0 Å². The maximum Gasteiger partial charge on any atom is 0.0729 e.